The molecule has 0 aromatic heterocycles. The molecule has 0 aliphatic carbocycles. The molecule has 90 valence electrons. The van der Waals surface area contributed by atoms with Crippen molar-refractivity contribution in [1.82, 2.24) is 5.32 Å². The molecular formula is C13H13FINO. The number of nitrogens with one attached hydrogen (secondary N) is 1. The van der Waals surface area contributed by atoms with Crippen molar-refractivity contribution in [1.29, 1.82) is 0 Å². The molecule has 1 aromatic rings. The van der Waals surface area contributed by atoms with Gasteiger partial charge in [0.2, 0.25) is 0 Å². The van der Waals surface area contributed by atoms with E-state index in [4.69, 9.17) is 6.42 Å². The van der Waals surface area contributed by atoms with Crippen LogP contribution in [0.2, 0.25) is 0 Å². The van der Waals surface area contributed by atoms with Crippen LogP contribution in [-0.2, 0) is 0 Å². The number of terminal acetylenes is 1. The molecule has 0 saturated carbocycles. The third-order valence-electron chi connectivity index (χ3n) is 2.21. The van der Waals surface area contributed by atoms with Gasteiger partial charge in [-0.3, -0.25) is 4.79 Å². The van der Waals surface area contributed by atoms with E-state index in [1.54, 1.807) is 0 Å². The Kier molecular flexibility index (Phi) is 5.98. The second kappa shape index (κ2) is 7.28. The van der Waals surface area contributed by atoms with Crippen LogP contribution >= 0.6 is 22.6 Å². The fourth-order valence-corrected chi connectivity index (χ4v) is 2.05. The molecular weight excluding hydrogens is 332 g/mol. The summed E-state index contributed by atoms with van der Waals surface area (Å²) in [6, 6.07) is 4.12. The van der Waals surface area contributed by atoms with Gasteiger partial charge in [0, 0.05) is 16.5 Å². The molecule has 0 bridgehead atoms. The van der Waals surface area contributed by atoms with Gasteiger partial charge in [0.1, 0.15) is 5.82 Å². The topological polar surface area (TPSA) is 29.1 Å². The average molecular weight is 345 g/mol. The van der Waals surface area contributed by atoms with Crippen molar-refractivity contribution in [2.24, 2.45) is 0 Å². The van der Waals surface area contributed by atoms with Gasteiger partial charge in [-0.25, -0.2) is 4.39 Å². The second-order valence-electron chi connectivity index (χ2n) is 3.54. The van der Waals surface area contributed by atoms with E-state index in [2.05, 4.69) is 11.2 Å². The summed E-state index contributed by atoms with van der Waals surface area (Å²) in [5.74, 6) is 2.04. The maximum absolute atomic E-state index is 12.8. The van der Waals surface area contributed by atoms with Crippen molar-refractivity contribution in [3.05, 3.63) is 33.1 Å². The van der Waals surface area contributed by atoms with Crippen LogP contribution in [0.5, 0.6) is 0 Å². The Labute approximate surface area is 114 Å². The summed E-state index contributed by atoms with van der Waals surface area (Å²) in [6.45, 7) is 0.591. The molecule has 1 amide bonds. The lowest BCUT2D eigenvalue weighted by atomic mass is 10.2. The zero-order valence-electron chi connectivity index (χ0n) is 9.30. The number of benzene rings is 1. The van der Waals surface area contributed by atoms with Gasteiger partial charge in [0.15, 0.2) is 0 Å². The second-order valence-corrected chi connectivity index (χ2v) is 4.70. The fraction of sp³-hybridized carbons (Fsp3) is 0.308. The molecule has 0 radical (unpaired) electrons. The van der Waals surface area contributed by atoms with Gasteiger partial charge >= 0.3 is 0 Å². The number of hydrogen-bond acceptors (Lipinski definition) is 1. The van der Waals surface area contributed by atoms with Crippen molar-refractivity contribution in [3.8, 4) is 12.3 Å². The maximum Gasteiger partial charge on any atom is 0.252 e. The predicted molar refractivity (Wildman–Crippen MR) is 74.1 cm³/mol. The van der Waals surface area contributed by atoms with Crippen LogP contribution in [0.3, 0.4) is 0 Å². The SMILES string of the molecule is C#CCCCCNC(=O)c1ccc(F)cc1I. The van der Waals surface area contributed by atoms with Crippen LogP contribution in [0.4, 0.5) is 4.39 Å². The normalized spacial score (nSPS) is 9.71. The van der Waals surface area contributed by atoms with Gasteiger partial charge in [0.25, 0.3) is 5.91 Å². The molecule has 4 heteroatoms. The highest BCUT2D eigenvalue weighted by Crippen LogP contribution is 2.13. The van der Waals surface area contributed by atoms with Crippen molar-refractivity contribution >= 4 is 28.5 Å². The van der Waals surface area contributed by atoms with E-state index < -0.39 is 0 Å². The van der Waals surface area contributed by atoms with Gasteiger partial charge in [-0.05, 0) is 53.6 Å². The van der Waals surface area contributed by atoms with Crippen molar-refractivity contribution in [3.63, 3.8) is 0 Å². The summed E-state index contributed by atoms with van der Waals surface area (Å²) >= 11 is 1.95. The first-order chi connectivity index (χ1) is 8.15. The minimum Gasteiger partial charge on any atom is -0.352 e. The molecule has 0 unspecified atom stereocenters. The van der Waals surface area contributed by atoms with E-state index in [9.17, 15) is 9.18 Å². The summed E-state index contributed by atoms with van der Waals surface area (Å²) in [5, 5.41) is 2.78. The number of unbranched alkanes of at least 4 members (excludes halogenated alkanes) is 2. The largest absolute Gasteiger partial charge is 0.352 e. The van der Waals surface area contributed by atoms with Gasteiger partial charge in [-0.15, -0.1) is 12.3 Å². The van der Waals surface area contributed by atoms with E-state index in [0.717, 1.165) is 19.3 Å². The Morgan fingerprint density at radius 1 is 1.47 bits per heavy atom. The van der Waals surface area contributed by atoms with Crippen LogP contribution in [0.1, 0.15) is 29.6 Å². The molecule has 1 rings (SSSR count). The lowest BCUT2D eigenvalue weighted by Gasteiger charge is -2.06. The number of halogens is 2. The summed E-state index contributed by atoms with van der Waals surface area (Å²) in [5.41, 5.74) is 0.504. The maximum atomic E-state index is 12.8. The van der Waals surface area contributed by atoms with Gasteiger partial charge in [-0.1, -0.05) is 0 Å². The number of hydrogen-bond donors (Lipinski definition) is 1. The van der Waals surface area contributed by atoms with Crippen LogP contribution in [0.25, 0.3) is 0 Å². The lowest BCUT2D eigenvalue weighted by Crippen LogP contribution is -2.25. The number of carbonyl (C=O) groups excluding carboxylic acids is 1. The van der Waals surface area contributed by atoms with Crippen LogP contribution in [-0.4, -0.2) is 12.5 Å². The molecule has 1 N–H and O–H groups in total. The Balaban J connectivity index is 2.45. The summed E-state index contributed by atoms with van der Waals surface area (Å²) < 4.78 is 13.5. The number of carbonyl (C=O) groups is 1. The van der Waals surface area contributed by atoms with E-state index in [-0.39, 0.29) is 11.7 Å². The Morgan fingerprint density at radius 2 is 2.24 bits per heavy atom. The predicted octanol–water partition coefficient (Wildman–Crippen LogP) is 2.96. The van der Waals surface area contributed by atoms with Crippen LogP contribution in [0, 0.1) is 21.7 Å². The lowest BCUT2D eigenvalue weighted by molar-refractivity contribution is 0.0952. The minimum atomic E-state index is -0.333. The molecule has 0 saturated heterocycles. The molecule has 0 fully saturated rings. The molecule has 0 heterocycles. The highest BCUT2D eigenvalue weighted by atomic mass is 127. The third kappa shape index (κ3) is 4.73. The number of amides is 1. The van der Waals surface area contributed by atoms with E-state index in [1.165, 1.54) is 18.2 Å². The molecule has 0 aliphatic rings. The molecule has 2 nitrogen and oxygen atoms in total. The van der Waals surface area contributed by atoms with Crippen LogP contribution < -0.4 is 5.32 Å². The zero-order chi connectivity index (χ0) is 12.7. The first kappa shape index (κ1) is 14.0. The monoisotopic (exact) mass is 345 g/mol. The third-order valence-corrected chi connectivity index (χ3v) is 3.10. The molecule has 1 aromatic carbocycles. The fourth-order valence-electron chi connectivity index (χ4n) is 1.32. The molecule has 0 aliphatic heterocycles. The van der Waals surface area contributed by atoms with Gasteiger partial charge in [0.05, 0.1) is 5.56 Å². The smallest absolute Gasteiger partial charge is 0.252 e. The minimum absolute atomic E-state index is 0.171. The highest BCUT2D eigenvalue weighted by Gasteiger charge is 2.09. The first-order valence-corrected chi connectivity index (χ1v) is 6.39. The highest BCUT2D eigenvalue weighted by molar-refractivity contribution is 14.1. The zero-order valence-corrected chi connectivity index (χ0v) is 11.5. The molecule has 17 heavy (non-hydrogen) atoms. The van der Waals surface area contributed by atoms with E-state index in [0.29, 0.717) is 15.7 Å². The summed E-state index contributed by atoms with van der Waals surface area (Å²) in [6.07, 6.45) is 7.60. The number of rotatable bonds is 5. The Morgan fingerprint density at radius 3 is 2.88 bits per heavy atom. The Bertz CT molecular complexity index is 440. The quantitative estimate of drug-likeness (QED) is 0.496. The van der Waals surface area contributed by atoms with Gasteiger partial charge in [-0.2, -0.15) is 0 Å². The first-order valence-electron chi connectivity index (χ1n) is 5.32. The summed E-state index contributed by atoms with van der Waals surface area (Å²) in [4.78, 5) is 11.7. The average Bonchev–Trinajstić information content (AvgIpc) is 2.28. The molecule has 0 atom stereocenters. The van der Waals surface area contributed by atoms with Crippen molar-refractivity contribution in [2.45, 2.75) is 19.3 Å². The summed E-state index contributed by atoms with van der Waals surface area (Å²) in [7, 11) is 0. The van der Waals surface area contributed by atoms with Crippen molar-refractivity contribution < 1.29 is 9.18 Å². The van der Waals surface area contributed by atoms with E-state index >= 15 is 0 Å². The Hall–Kier alpha value is -1.09. The molecule has 0 spiro atoms. The van der Waals surface area contributed by atoms with Gasteiger partial charge < -0.3 is 5.32 Å². The standard InChI is InChI=1S/C13H13FINO/c1-2-3-4-5-8-16-13(17)11-7-6-10(14)9-12(11)15/h1,6-7,9H,3-5,8H2,(H,16,17). The van der Waals surface area contributed by atoms with E-state index in [1.807, 2.05) is 22.6 Å². The van der Waals surface area contributed by atoms with Crippen LogP contribution in [0.15, 0.2) is 18.2 Å². The van der Waals surface area contributed by atoms with Crippen molar-refractivity contribution in [2.75, 3.05) is 6.54 Å².